The molecule has 2 aromatic rings. The molecule has 2 heterocycles. The minimum Gasteiger partial charge on any atom is -0.492 e. The Balaban J connectivity index is 1.44. The lowest BCUT2D eigenvalue weighted by molar-refractivity contribution is -0.121. The van der Waals surface area contributed by atoms with E-state index < -0.39 is 16.1 Å². The van der Waals surface area contributed by atoms with Crippen LogP contribution >= 0.6 is 0 Å². The molecule has 0 spiro atoms. The van der Waals surface area contributed by atoms with E-state index in [1.54, 1.807) is 26.0 Å². The number of sulfonamides is 1. The molecule has 0 aliphatic carbocycles. The van der Waals surface area contributed by atoms with Crippen LogP contribution in [-0.2, 0) is 26.1 Å². The van der Waals surface area contributed by atoms with E-state index in [2.05, 4.69) is 10.6 Å². The summed E-state index contributed by atoms with van der Waals surface area (Å²) in [4.78, 5) is 12.7. The van der Waals surface area contributed by atoms with Gasteiger partial charge in [0.05, 0.1) is 19.8 Å². The van der Waals surface area contributed by atoms with Gasteiger partial charge in [0.2, 0.25) is 22.7 Å². The van der Waals surface area contributed by atoms with Gasteiger partial charge in [-0.25, -0.2) is 8.42 Å². The molecule has 34 heavy (non-hydrogen) atoms. The largest absolute Gasteiger partial charge is 0.492 e. The van der Waals surface area contributed by atoms with E-state index in [9.17, 15) is 13.2 Å². The van der Waals surface area contributed by atoms with Crippen LogP contribution in [0.25, 0.3) is 0 Å². The Morgan fingerprint density at radius 1 is 1.12 bits per heavy atom. The number of carbonyl (C=O) groups is 1. The van der Waals surface area contributed by atoms with Crippen molar-refractivity contribution in [3.05, 3.63) is 42.0 Å². The van der Waals surface area contributed by atoms with Gasteiger partial charge >= 0.3 is 0 Å². The highest BCUT2D eigenvalue weighted by atomic mass is 32.2. The van der Waals surface area contributed by atoms with Crippen LogP contribution in [0.5, 0.6) is 17.2 Å². The normalized spacial score (nSPS) is 16.6. The third kappa shape index (κ3) is 5.37. The summed E-state index contributed by atoms with van der Waals surface area (Å²) in [5, 5.41) is 5.96. The van der Waals surface area contributed by atoms with E-state index in [0.29, 0.717) is 43.6 Å². The van der Waals surface area contributed by atoms with Gasteiger partial charge in [-0.15, -0.1) is 0 Å². The summed E-state index contributed by atoms with van der Waals surface area (Å²) in [5.74, 6) is 1.38. The first-order chi connectivity index (χ1) is 16.4. The number of nitrogens with zero attached hydrogens (tertiary/aromatic N) is 1. The van der Waals surface area contributed by atoms with Gasteiger partial charge in [0.25, 0.3) is 0 Å². The van der Waals surface area contributed by atoms with Crippen LogP contribution in [0, 0.1) is 0 Å². The zero-order valence-electron chi connectivity index (χ0n) is 19.2. The summed E-state index contributed by atoms with van der Waals surface area (Å²) < 4.78 is 49.4. The number of amides is 1. The highest BCUT2D eigenvalue weighted by Gasteiger charge is 2.30. The minimum absolute atomic E-state index is 0.0641. The number of anilines is 1. The fraction of sp³-hybridized carbons (Fsp3) is 0.435. The lowest BCUT2D eigenvalue weighted by Crippen LogP contribution is -2.40. The maximum atomic E-state index is 13.3. The third-order valence-corrected chi connectivity index (χ3v) is 7.43. The van der Waals surface area contributed by atoms with Gasteiger partial charge in [0.15, 0.2) is 11.5 Å². The quantitative estimate of drug-likeness (QED) is 0.547. The second-order valence-electron chi connectivity index (χ2n) is 7.88. The van der Waals surface area contributed by atoms with E-state index in [1.807, 2.05) is 18.2 Å². The molecular weight excluding hydrogens is 462 g/mol. The fourth-order valence-corrected chi connectivity index (χ4v) is 5.27. The lowest BCUT2D eigenvalue weighted by atomic mass is 10.2. The second kappa shape index (κ2) is 10.5. The smallest absolute Gasteiger partial charge is 0.246 e. The molecule has 2 N–H and O–H groups in total. The SMILES string of the molecule is CCOc1ccc(N[C@@H](C)C(=O)NCc2ccc3c(c2)OCO3)cc1S(=O)(=O)N1CCOCC1. The first kappa shape index (κ1) is 24.1. The molecule has 11 heteroatoms. The topological polar surface area (TPSA) is 115 Å². The molecule has 0 bridgehead atoms. The summed E-state index contributed by atoms with van der Waals surface area (Å²) in [7, 11) is -3.78. The number of hydrogen-bond acceptors (Lipinski definition) is 8. The maximum Gasteiger partial charge on any atom is 0.246 e. The van der Waals surface area contributed by atoms with Crippen molar-refractivity contribution in [1.29, 1.82) is 0 Å². The Hall–Kier alpha value is -3.02. The predicted molar refractivity (Wildman–Crippen MR) is 125 cm³/mol. The van der Waals surface area contributed by atoms with Crippen molar-refractivity contribution in [3.63, 3.8) is 0 Å². The van der Waals surface area contributed by atoms with Gasteiger partial charge in [0, 0.05) is 25.3 Å². The van der Waals surface area contributed by atoms with E-state index in [-0.39, 0.29) is 36.4 Å². The van der Waals surface area contributed by atoms with Crippen molar-refractivity contribution in [2.45, 2.75) is 31.3 Å². The Labute approximate surface area is 199 Å². The molecular formula is C23H29N3O7S. The highest BCUT2D eigenvalue weighted by Crippen LogP contribution is 2.33. The molecule has 0 saturated carbocycles. The molecule has 0 radical (unpaired) electrons. The van der Waals surface area contributed by atoms with Crippen LogP contribution in [0.3, 0.4) is 0 Å². The average Bonchev–Trinajstić information content (AvgIpc) is 3.32. The molecule has 10 nitrogen and oxygen atoms in total. The van der Waals surface area contributed by atoms with Gasteiger partial charge in [-0.3, -0.25) is 4.79 Å². The number of benzene rings is 2. The highest BCUT2D eigenvalue weighted by molar-refractivity contribution is 7.89. The monoisotopic (exact) mass is 491 g/mol. The Morgan fingerprint density at radius 3 is 2.65 bits per heavy atom. The number of fused-ring (bicyclic) bond motifs is 1. The van der Waals surface area contributed by atoms with E-state index in [4.69, 9.17) is 18.9 Å². The molecule has 1 atom stereocenters. The van der Waals surface area contributed by atoms with Crippen LogP contribution in [-0.4, -0.2) is 64.4 Å². The molecule has 2 aromatic carbocycles. The van der Waals surface area contributed by atoms with Gasteiger partial charge in [-0.05, 0) is 49.7 Å². The molecule has 1 amide bonds. The Bertz CT molecular complexity index is 1130. The summed E-state index contributed by atoms with van der Waals surface area (Å²) in [6.07, 6.45) is 0. The van der Waals surface area contributed by atoms with Gasteiger partial charge in [-0.2, -0.15) is 4.31 Å². The molecule has 0 unspecified atom stereocenters. The fourth-order valence-electron chi connectivity index (χ4n) is 3.71. The Kier molecular flexibility index (Phi) is 7.44. The van der Waals surface area contributed by atoms with Crippen molar-refractivity contribution in [2.75, 3.05) is 45.0 Å². The Morgan fingerprint density at radius 2 is 1.88 bits per heavy atom. The molecule has 1 saturated heterocycles. The van der Waals surface area contributed by atoms with E-state index in [1.165, 1.54) is 10.4 Å². The number of carbonyl (C=O) groups excluding carboxylic acids is 1. The number of morpholine rings is 1. The standard InChI is InChI=1S/C23H29N3O7S/c1-3-31-20-7-5-18(13-22(20)34(28,29)26-8-10-30-11-9-26)25-16(2)23(27)24-14-17-4-6-19-21(12-17)33-15-32-19/h4-7,12-13,16,25H,3,8-11,14-15H2,1-2H3,(H,24,27)/t16-/m0/s1. The third-order valence-electron chi connectivity index (χ3n) is 5.51. The van der Waals surface area contributed by atoms with Crippen molar-refractivity contribution in [2.24, 2.45) is 0 Å². The van der Waals surface area contributed by atoms with E-state index in [0.717, 1.165) is 5.56 Å². The summed E-state index contributed by atoms with van der Waals surface area (Å²) in [6.45, 7) is 5.61. The van der Waals surface area contributed by atoms with Crippen LogP contribution in [0.1, 0.15) is 19.4 Å². The van der Waals surface area contributed by atoms with Crippen LogP contribution < -0.4 is 24.8 Å². The molecule has 184 valence electrons. The lowest BCUT2D eigenvalue weighted by Gasteiger charge is -2.27. The molecule has 2 aliphatic rings. The van der Waals surface area contributed by atoms with Crippen molar-refractivity contribution in [1.82, 2.24) is 9.62 Å². The van der Waals surface area contributed by atoms with Crippen LogP contribution in [0.15, 0.2) is 41.3 Å². The van der Waals surface area contributed by atoms with Crippen molar-refractivity contribution in [3.8, 4) is 17.2 Å². The summed E-state index contributed by atoms with van der Waals surface area (Å²) in [5.41, 5.74) is 1.38. The average molecular weight is 492 g/mol. The zero-order chi connectivity index (χ0) is 24.1. The van der Waals surface area contributed by atoms with Gasteiger partial charge < -0.3 is 29.6 Å². The summed E-state index contributed by atoms with van der Waals surface area (Å²) in [6, 6.07) is 9.71. The maximum absolute atomic E-state index is 13.3. The molecule has 0 aromatic heterocycles. The van der Waals surface area contributed by atoms with Crippen LogP contribution in [0.2, 0.25) is 0 Å². The first-order valence-corrected chi connectivity index (χ1v) is 12.6. The van der Waals surface area contributed by atoms with Gasteiger partial charge in [-0.1, -0.05) is 6.07 Å². The second-order valence-corrected chi connectivity index (χ2v) is 9.79. The molecule has 1 fully saturated rings. The molecule has 4 rings (SSSR count). The number of hydrogen-bond donors (Lipinski definition) is 2. The minimum atomic E-state index is -3.78. The first-order valence-electron chi connectivity index (χ1n) is 11.2. The van der Waals surface area contributed by atoms with Crippen molar-refractivity contribution < 1.29 is 32.2 Å². The number of ether oxygens (including phenoxy) is 4. The van der Waals surface area contributed by atoms with Gasteiger partial charge in [0.1, 0.15) is 16.7 Å². The van der Waals surface area contributed by atoms with E-state index >= 15 is 0 Å². The number of rotatable bonds is 9. The zero-order valence-corrected chi connectivity index (χ0v) is 20.0. The summed E-state index contributed by atoms with van der Waals surface area (Å²) >= 11 is 0. The number of nitrogens with one attached hydrogen (secondary N) is 2. The molecule has 2 aliphatic heterocycles. The van der Waals surface area contributed by atoms with Crippen molar-refractivity contribution >= 4 is 21.6 Å². The predicted octanol–water partition coefficient (Wildman–Crippen LogP) is 1.95. The van der Waals surface area contributed by atoms with Crippen LogP contribution in [0.4, 0.5) is 5.69 Å².